The maximum atomic E-state index is 10.4. The van der Waals surface area contributed by atoms with Gasteiger partial charge in [-0.15, -0.1) is 0 Å². The highest BCUT2D eigenvalue weighted by atomic mass is 16.3. The van der Waals surface area contributed by atoms with Gasteiger partial charge in [-0.05, 0) is 70.2 Å². The Hall–Kier alpha value is -1.96. The normalized spacial score (nSPS) is 13.1. The Morgan fingerprint density at radius 3 is 1.07 bits per heavy atom. The van der Waals surface area contributed by atoms with Crippen molar-refractivity contribution in [3.05, 3.63) is 57.6 Å². The molecule has 2 aromatic carbocycles. The summed E-state index contributed by atoms with van der Waals surface area (Å²) in [5.41, 5.74) is 6.07. The maximum absolute atomic E-state index is 10.4. The SMILES string of the molecule is Cc1cc(C(C)(C)c2cc(C)c(O)cc2C(C)(C)C)c(C(C)(C)C)cc1O. The zero-order valence-electron chi connectivity index (χ0n) is 18.7. The molecule has 148 valence electrons. The summed E-state index contributed by atoms with van der Waals surface area (Å²) in [5, 5.41) is 20.7. The average molecular weight is 369 g/mol. The molecule has 0 aliphatic heterocycles. The van der Waals surface area contributed by atoms with Gasteiger partial charge in [-0.1, -0.05) is 67.5 Å². The molecule has 2 nitrogen and oxygen atoms in total. The first-order valence-electron chi connectivity index (χ1n) is 9.76. The van der Waals surface area contributed by atoms with E-state index in [4.69, 9.17) is 0 Å². The van der Waals surface area contributed by atoms with Crippen molar-refractivity contribution in [2.75, 3.05) is 0 Å². The average Bonchev–Trinajstić information content (AvgIpc) is 2.49. The number of phenolic OH excluding ortho intramolecular Hbond substituents is 2. The highest BCUT2D eigenvalue weighted by molar-refractivity contribution is 5.55. The van der Waals surface area contributed by atoms with Crippen LogP contribution in [0.25, 0.3) is 0 Å². The summed E-state index contributed by atoms with van der Waals surface area (Å²) in [6.07, 6.45) is 0. The molecule has 27 heavy (non-hydrogen) atoms. The molecule has 0 spiro atoms. The number of rotatable bonds is 2. The first-order chi connectivity index (χ1) is 12.1. The highest BCUT2D eigenvalue weighted by Crippen LogP contribution is 2.45. The van der Waals surface area contributed by atoms with E-state index in [1.165, 1.54) is 11.1 Å². The number of phenols is 2. The standard InChI is InChI=1S/C25H36O2/c1-15-11-19(17(13-21(15)26)23(3,4)5)25(9,10)20-12-16(2)22(27)14-18(20)24(6,7)8/h11-14,26-27H,1-10H3. The Kier molecular flexibility index (Phi) is 5.20. The lowest BCUT2D eigenvalue weighted by Crippen LogP contribution is -2.29. The smallest absolute Gasteiger partial charge is 0.118 e. The number of hydrogen-bond acceptors (Lipinski definition) is 2. The molecule has 2 rings (SSSR count). The fourth-order valence-electron chi connectivity index (χ4n) is 3.81. The van der Waals surface area contributed by atoms with Gasteiger partial charge in [0.2, 0.25) is 0 Å². The molecule has 0 atom stereocenters. The van der Waals surface area contributed by atoms with Gasteiger partial charge in [0, 0.05) is 5.41 Å². The lowest BCUT2D eigenvalue weighted by atomic mass is 9.67. The van der Waals surface area contributed by atoms with Gasteiger partial charge in [-0.2, -0.15) is 0 Å². The Bertz CT molecular complexity index is 788. The third-order valence-corrected chi connectivity index (χ3v) is 5.63. The number of hydrogen-bond donors (Lipinski definition) is 2. The van der Waals surface area contributed by atoms with E-state index < -0.39 is 0 Å². The molecule has 2 aromatic rings. The second kappa shape index (κ2) is 6.58. The van der Waals surface area contributed by atoms with E-state index >= 15 is 0 Å². The molecule has 0 radical (unpaired) electrons. The van der Waals surface area contributed by atoms with Crippen molar-refractivity contribution in [2.45, 2.75) is 85.5 Å². The van der Waals surface area contributed by atoms with E-state index in [0.29, 0.717) is 11.5 Å². The van der Waals surface area contributed by atoms with E-state index in [1.54, 1.807) is 0 Å². The topological polar surface area (TPSA) is 40.5 Å². The minimum atomic E-state index is -0.276. The zero-order chi connectivity index (χ0) is 20.9. The summed E-state index contributed by atoms with van der Waals surface area (Å²) < 4.78 is 0. The van der Waals surface area contributed by atoms with Gasteiger partial charge in [0.25, 0.3) is 0 Å². The predicted octanol–water partition coefficient (Wildman–Crippen LogP) is 6.64. The van der Waals surface area contributed by atoms with E-state index in [-0.39, 0.29) is 16.2 Å². The maximum Gasteiger partial charge on any atom is 0.118 e. The van der Waals surface area contributed by atoms with E-state index in [1.807, 2.05) is 26.0 Å². The van der Waals surface area contributed by atoms with E-state index in [2.05, 4.69) is 67.5 Å². The lowest BCUT2D eigenvalue weighted by Gasteiger charge is -2.37. The third kappa shape index (κ3) is 4.00. The van der Waals surface area contributed by atoms with Crippen molar-refractivity contribution in [3.63, 3.8) is 0 Å². The Labute approximate surface area is 165 Å². The van der Waals surface area contributed by atoms with Gasteiger partial charge in [0.1, 0.15) is 11.5 Å². The largest absolute Gasteiger partial charge is 0.508 e. The molecule has 2 heteroatoms. The van der Waals surface area contributed by atoms with Crippen LogP contribution in [0.4, 0.5) is 0 Å². The molecule has 0 saturated carbocycles. The quantitative estimate of drug-likeness (QED) is 0.624. The number of benzene rings is 2. The van der Waals surface area contributed by atoms with Crippen LogP contribution < -0.4 is 0 Å². The molecular formula is C25H36O2. The van der Waals surface area contributed by atoms with Crippen molar-refractivity contribution >= 4 is 0 Å². The van der Waals surface area contributed by atoms with E-state index in [9.17, 15) is 10.2 Å². The first kappa shape index (κ1) is 21.3. The molecule has 0 bridgehead atoms. The number of aromatic hydroxyl groups is 2. The minimum absolute atomic E-state index is 0.0916. The zero-order valence-corrected chi connectivity index (χ0v) is 18.7. The van der Waals surface area contributed by atoms with Crippen molar-refractivity contribution in [1.82, 2.24) is 0 Å². The molecule has 0 aliphatic rings. The predicted molar refractivity (Wildman–Crippen MR) is 115 cm³/mol. The summed E-state index contributed by atoms with van der Waals surface area (Å²) >= 11 is 0. The second-order valence-electron chi connectivity index (χ2n) is 10.5. The summed E-state index contributed by atoms with van der Waals surface area (Å²) in [5.74, 6) is 0.690. The van der Waals surface area contributed by atoms with Crippen LogP contribution in [-0.2, 0) is 16.2 Å². The molecule has 0 amide bonds. The lowest BCUT2D eigenvalue weighted by molar-refractivity contribution is 0.459. The summed E-state index contributed by atoms with van der Waals surface area (Å²) in [6.45, 7) is 21.5. The monoisotopic (exact) mass is 368 g/mol. The minimum Gasteiger partial charge on any atom is -0.508 e. The van der Waals surface area contributed by atoms with Gasteiger partial charge in [0.05, 0.1) is 0 Å². The second-order valence-corrected chi connectivity index (χ2v) is 10.5. The molecule has 2 N–H and O–H groups in total. The van der Waals surface area contributed by atoms with Gasteiger partial charge in [-0.25, -0.2) is 0 Å². The summed E-state index contributed by atoms with van der Waals surface area (Å²) in [7, 11) is 0. The van der Waals surface area contributed by atoms with Crippen LogP contribution >= 0.6 is 0 Å². The summed E-state index contributed by atoms with van der Waals surface area (Å²) in [6, 6.07) is 8.11. The van der Waals surface area contributed by atoms with Crippen LogP contribution in [0, 0.1) is 13.8 Å². The third-order valence-electron chi connectivity index (χ3n) is 5.63. The first-order valence-corrected chi connectivity index (χ1v) is 9.76. The fraction of sp³-hybridized carbons (Fsp3) is 0.520. The van der Waals surface area contributed by atoms with Crippen LogP contribution in [0.15, 0.2) is 24.3 Å². The van der Waals surface area contributed by atoms with Gasteiger partial charge in [0.15, 0.2) is 0 Å². The number of aryl methyl sites for hydroxylation is 2. The van der Waals surface area contributed by atoms with Crippen LogP contribution in [-0.4, -0.2) is 10.2 Å². The van der Waals surface area contributed by atoms with Gasteiger partial charge >= 0.3 is 0 Å². The molecule has 0 fully saturated rings. The fourth-order valence-corrected chi connectivity index (χ4v) is 3.81. The van der Waals surface area contributed by atoms with Crippen LogP contribution in [0.3, 0.4) is 0 Å². The van der Waals surface area contributed by atoms with Crippen molar-refractivity contribution in [2.24, 2.45) is 0 Å². The van der Waals surface area contributed by atoms with Crippen molar-refractivity contribution < 1.29 is 10.2 Å². The van der Waals surface area contributed by atoms with Gasteiger partial charge < -0.3 is 10.2 Å². The molecule has 0 aliphatic carbocycles. The molecular weight excluding hydrogens is 332 g/mol. The highest BCUT2D eigenvalue weighted by Gasteiger charge is 2.35. The summed E-state index contributed by atoms with van der Waals surface area (Å²) in [4.78, 5) is 0. The Morgan fingerprint density at radius 2 is 0.815 bits per heavy atom. The Morgan fingerprint density at radius 1 is 0.519 bits per heavy atom. The molecule has 0 unspecified atom stereocenters. The van der Waals surface area contributed by atoms with Crippen LogP contribution in [0.5, 0.6) is 11.5 Å². The van der Waals surface area contributed by atoms with Crippen molar-refractivity contribution in [3.8, 4) is 11.5 Å². The van der Waals surface area contributed by atoms with Crippen LogP contribution in [0.1, 0.15) is 88.8 Å². The van der Waals surface area contributed by atoms with E-state index in [0.717, 1.165) is 22.3 Å². The van der Waals surface area contributed by atoms with Crippen molar-refractivity contribution in [1.29, 1.82) is 0 Å². The molecule has 0 aromatic heterocycles. The Balaban J connectivity index is 2.89. The molecule has 0 saturated heterocycles. The van der Waals surface area contributed by atoms with Crippen LogP contribution in [0.2, 0.25) is 0 Å². The molecule has 0 heterocycles. The van der Waals surface area contributed by atoms with Gasteiger partial charge in [-0.3, -0.25) is 0 Å².